The first-order chi connectivity index (χ1) is 13.2. The van der Waals surface area contributed by atoms with Crippen molar-refractivity contribution in [2.45, 2.75) is 5.62 Å². The molecule has 1 N–H and O–H groups in total. The quantitative estimate of drug-likeness (QED) is 0.349. The number of aliphatic imine (C=N–C) groups is 2. The highest BCUT2D eigenvalue weighted by molar-refractivity contribution is 6.66. The second kappa shape index (κ2) is 6.41. The van der Waals surface area contributed by atoms with E-state index in [1.165, 1.54) is 0 Å². The van der Waals surface area contributed by atoms with Crippen LogP contribution in [0.2, 0.25) is 0 Å². The largest absolute Gasteiger partial charge is 0.455 e. The Morgan fingerprint density at radius 2 is 1.56 bits per heavy atom. The van der Waals surface area contributed by atoms with Crippen LogP contribution in [-0.2, 0) is 0 Å². The van der Waals surface area contributed by atoms with E-state index in [1.807, 2.05) is 42.5 Å². The van der Waals surface area contributed by atoms with Crippen molar-refractivity contribution in [3.05, 3.63) is 72.3 Å². The van der Waals surface area contributed by atoms with Gasteiger partial charge in [0, 0.05) is 21.9 Å². The van der Waals surface area contributed by atoms with Gasteiger partial charge in [-0.2, -0.15) is 0 Å². The second-order valence-corrected chi connectivity index (χ2v) is 6.94. The fourth-order valence-corrected chi connectivity index (χ4v) is 3.75. The van der Waals surface area contributed by atoms with Gasteiger partial charge >= 0.3 is 0 Å². The Morgan fingerprint density at radius 1 is 0.815 bits per heavy atom. The van der Waals surface area contributed by atoms with E-state index >= 15 is 0 Å². The summed E-state index contributed by atoms with van der Waals surface area (Å²) in [5.41, 5.74) is 4.05. The molecular weight excluding hydrogens is 381 g/mol. The first-order valence-corrected chi connectivity index (χ1v) is 9.24. The molecule has 132 valence electrons. The number of rotatable bonds is 2. The molecule has 0 radical (unpaired) electrons. The van der Waals surface area contributed by atoms with E-state index in [-0.39, 0.29) is 5.29 Å². The monoisotopic (exact) mass is 393 g/mol. The molecular formula is C21H13Cl2N3O. The summed E-state index contributed by atoms with van der Waals surface area (Å²) in [7, 11) is 0. The molecule has 0 bridgehead atoms. The maximum absolute atomic E-state index is 6.13. The van der Waals surface area contributed by atoms with Crippen molar-refractivity contribution >= 4 is 56.3 Å². The third-order valence-corrected chi connectivity index (χ3v) is 4.94. The second-order valence-electron chi connectivity index (χ2n) is 6.19. The molecule has 1 atom stereocenters. The van der Waals surface area contributed by atoms with E-state index < -0.39 is 5.62 Å². The SMILES string of the molecule is ClC1=NC(Cl)N=C(c2ccc(-c3cccc4c3oc3ccccc34)cc2)N1. The van der Waals surface area contributed by atoms with Gasteiger partial charge in [-0.15, -0.1) is 0 Å². The zero-order chi connectivity index (χ0) is 18.4. The molecule has 0 saturated carbocycles. The molecule has 3 aromatic carbocycles. The number of hydrogen-bond acceptors (Lipinski definition) is 4. The first-order valence-electron chi connectivity index (χ1n) is 8.42. The van der Waals surface area contributed by atoms with Gasteiger partial charge < -0.3 is 9.73 Å². The number of halogens is 2. The summed E-state index contributed by atoms with van der Waals surface area (Å²) in [5, 5.41) is 5.39. The highest BCUT2D eigenvalue weighted by atomic mass is 35.5. The summed E-state index contributed by atoms with van der Waals surface area (Å²) in [5.74, 6) is 0.600. The van der Waals surface area contributed by atoms with Crippen molar-refractivity contribution in [1.82, 2.24) is 5.32 Å². The van der Waals surface area contributed by atoms with Crippen LogP contribution >= 0.6 is 23.2 Å². The Bertz CT molecular complexity index is 1230. The van der Waals surface area contributed by atoms with E-state index in [1.54, 1.807) is 0 Å². The lowest BCUT2D eigenvalue weighted by Crippen LogP contribution is -2.32. The van der Waals surface area contributed by atoms with E-state index in [4.69, 9.17) is 27.6 Å². The smallest absolute Gasteiger partial charge is 0.220 e. The number of fused-ring (bicyclic) bond motifs is 3. The standard InChI is InChI=1S/C21H13Cl2N3O/c22-20-24-19(25-21(23)26-20)13-10-8-12(9-11-13)14-5-3-6-16-15-4-1-2-7-17(15)27-18(14)16/h1-11,20H,(H,24,25,26). The molecule has 1 aliphatic heterocycles. The van der Waals surface area contributed by atoms with E-state index in [0.717, 1.165) is 38.6 Å². The molecule has 5 rings (SSSR count). The molecule has 2 heterocycles. The number of hydrogen-bond donors (Lipinski definition) is 1. The molecule has 1 unspecified atom stereocenters. The van der Waals surface area contributed by atoms with Crippen molar-refractivity contribution in [3.8, 4) is 11.1 Å². The zero-order valence-corrected chi connectivity index (χ0v) is 15.5. The van der Waals surface area contributed by atoms with Crippen molar-refractivity contribution < 1.29 is 4.42 Å². The molecule has 27 heavy (non-hydrogen) atoms. The Morgan fingerprint density at radius 3 is 2.37 bits per heavy atom. The summed E-state index contributed by atoms with van der Waals surface area (Å²) in [6.07, 6.45) is 0. The third kappa shape index (κ3) is 2.87. The van der Waals surface area contributed by atoms with Gasteiger partial charge in [-0.05, 0) is 23.2 Å². The van der Waals surface area contributed by atoms with Crippen LogP contribution in [0.4, 0.5) is 0 Å². The summed E-state index contributed by atoms with van der Waals surface area (Å²) in [4.78, 5) is 8.18. The average molecular weight is 394 g/mol. The van der Waals surface area contributed by atoms with Crippen molar-refractivity contribution in [3.63, 3.8) is 0 Å². The highest BCUT2D eigenvalue weighted by Crippen LogP contribution is 2.35. The lowest BCUT2D eigenvalue weighted by atomic mass is 10.0. The van der Waals surface area contributed by atoms with Gasteiger partial charge in [0.05, 0.1) is 0 Å². The maximum Gasteiger partial charge on any atom is 0.220 e. The number of furan rings is 1. The molecule has 0 spiro atoms. The number of para-hydroxylation sites is 2. The molecule has 1 aliphatic rings. The fraction of sp³-hybridized carbons (Fsp3) is 0.0476. The normalized spacial score (nSPS) is 16.9. The van der Waals surface area contributed by atoms with Gasteiger partial charge in [0.25, 0.3) is 0 Å². The predicted octanol–water partition coefficient (Wildman–Crippen LogP) is 5.72. The molecule has 4 aromatic rings. The van der Waals surface area contributed by atoms with E-state index in [0.29, 0.717) is 5.84 Å². The zero-order valence-electron chi connectivity index (χ0n) is 14.0. The van der Waals surface area contributed by atoms with Gasteiger partial charge in [-0.25, -0.2) is 9.98 Å². The Balaban J connectivity index is 1.58. The minimum atomic E-state index is -0.710. The van der Waals surface area contributed by atoms with Gasteiger partial charge in [0.15, 0.2) is 5.29 Å². The number of amidine groups is 2. The Labute approximate surface area is 165 Å². The lowest BCUT2D eigenvalue weighted by molar-refractivity contribution is 0.670. The number of benzene rings is 3. The fourth-order valence-electron chi connectivity index (χ4n) is 3.32. The minimum Gasteiger partial charge on any atom is -0.455 e. The highest BCUT2D eigenvalue weighted by Gasteiger charge is 2.15. The van der Waals surface area contributed by atoms with E-state index in [9.17, 15) is 0 Å². The van der Waals surface area contributed by atoms with Crippen LogP contribution in [0, 0.1) is 0 Å². The summed E-state index contributed by atoms with van der Waals surface area (Å²) in [6.45, 7) is 0. The molecule has 4 nitrogen and oxygen atoms in total. The molecule has 0 fully saturated rings. The van der Waals surface area contributed by atoms with Gasteiger partial charge in [0.2, 0.25) is 5.62 Å². The van der Waals surface area contributed by atoms with Gasteiger partial charge in [-0.3, -0.25) is 0 Å². The molecule has 0 saturated heterocycles. The van der Waals surface area contributed by atoms with Crippen LogP contribution in [0.25, 0.3) is 33.1 Å². The average Bonchev–Trinajstić information content (AvgIpc) is 3.06. The van der Waals surface area contributed by atoms with E-state index in [2.05, 4.69) is 39.6 Å². The molecule has 0 aliphatic carbocycles. The third-order valence-electron chi connectivity index (χ3n) is 4.55. The van der Waals surface area contributed by atoms with Crippen molar-refractivity contribution in [2.75, 3.05) is 0 Å². The van der Waals surface area contributed by atoms with Crippen molar-refractivity contribution in [2.24, 2.45) is 9.98 Å². The molecule has 6 heteroatoms. The maximum atomic E-state index is 6.13. The predicted molar refractivity (Wildman–Crippen MR) is 112 cm³/mol. The summed E-state index contributed by atoms with van der Waals surface area (Å²) < 4.78 is 6.13. The minimum absolute atomic E-state index is 0.233. The Hall–Kier alpha value is -2.82. The van der Waals surface area contributed by atoms with Crippen LogP contribution in [0.1, 0.15) is 5.56 Å². The Kier molecular flexibility index (Phi) is 3.88. The first kappa shape index (κ1) is 16.4. The number of nitrogens with one attached hydrogen (secondary N) is 1. The van der Waals surface area contributed by atoms with Gasteiger partial charge in [0.1, 0.15) is 17.0 Å². The van der Waals surface area contributed by atoms with Crippen LogP contribution in [0.5, 0.6) is 0 Å². The molecule has 0 amide bonds. The van der Waals surface area contributed by atoms with Crippen LogP contribution < -0.4 is 5.32 Å². The van der Waals surface area contributed by atoms with Crippen LogP contribution in [0.15, 0.2) is 81.1 Å². The topological polar surface area (TPSA) is 49.9 Å². The lowest BCUT2D eigenvalue weighted by Gasteiger charge is -2.15. The van der Waals surface area contributed by atoms with Crippen LogP contribution in [0.3, 0.4) is 0 Å². The summed E-state index contributed by atoms with van der Waals surface area (Å²) in [6, 6.07) is 22.3. The molecule has 1 aromatic heterocycles. The van der Waals surface area contributed by atoms with Crippen molar-refractivity contribution in [1.29, 1.82) is 0 Å². The summed E-state index contributed by atoms with van der Waals surface area (Å²) >= 11 is 11.9. The number of nitrogens with zero attached hydrogens (tertiary/aromatic N) is 2. The van der Waals surface area contributed by atoms with Crippen LogP contribution in [-0.4, -0.2) is 16.8 Å². The van der Waals surface area contributed by atoms with Gasteiger partial charge in [-0.1, -0.05) is 72.3 Å². The number of alkyl halides is 1.